The molecule has 0 aromatic heterocycles. The SMILES string of the molecule is C/C=C(\C)C(=O)[C@@H](C)c1cc(O)cc(O)c1. The second-order valence-electron chi connectivity index (χ2n) is 3.84. The van der Waals surface area contributed by atoms with Gasteiger partial charge in [0.15, 0.2) is 5.78 Å². The van der Waals surface area contributed by atoms with Gasteiger partial charge in [0.1, 0.15) is 11.5 Å². The molecule has 0 bridgehead atoms. The number of benzene rings is 1. The molecule has 0 unspecified atom stereocenters. The van der Waals surface area contributed by atoms with Crippen LogP contribution in [0.5, 0.6) is 11.5 Å². The van der Waals surface area contributed by atoms with Gasteiger partial charge in [-0.1, -0.05) is 13.0 Å². The summed E-state index contributed by atoms with van der Waals surface area (Å²) < 4.78 is 0. The Morgan fingerprint density at radius 2 is 1.75 bits per heavy atom. The zero-order valence-corrected chi connectivity index (χ0v) is 9.69. The van der Waals surface area contributed by atoms with E-state index in [1.165, 1.54) is 18.2 Å². The molecular weight excluding hydrogens is 204 g/mol. The summed E-state index contributed by atoms with van der Waals surface area (Å²) in [4.78, 5) is 11.9. The maximum atomic E-state index is 11.9. The summed E-state index contributed by atoms with van der Waals surface area (Å²) in [5.41, 5.74) is 1.29. The second kappa shape index (κ2) is 4.84. The Morgan fingerprint density at radius 3 is 2.19 bits per heavy atom. The first-order valence-corrected chi connectivity index (χ1v) is 5.15. The molecule has 1 atom stereocenters. The first kappa shape index (κ1) is 12.3. The summed E-state index contributed by atoms with van der Waals surface area (Å²) in [5, 5.41) is 18.7. The van der Waals surface area contributed by atoms with Crippen LogP contribution in [0.15, 0.2) is 29.8 Å². The number of allylic oxidation sites excluding steroid dienone is 2. The van der Waals surface area contributed by atoms with E-state index in [0.29, 0.717) is 11.1 Å². The lowest BCUT2D eigenvalue weighted by atomic mass is 9.92. The quantitative estimate of drug-likeness (QED) is 0.770. The van der Waals surface area contributed by atoms with Crippen LogP contribution in [0.1, 0.15) is 32.3 Å². The number of hydrogen-bond donors (Lipinski definition) is 2. The molecule has 0 saturated carbocycles. The molecule has 0 fully saturated rings. The average Bonchev–Trinajstić information content (AvgIpc) is 2.24. The normalized spacial score (nSPS) is 13.6. The zero-order chi connectivity index (χ0) is 12.3. The standard InChI is InChI=1S/C13H16O3/c1-4-8(2)13(16)9(3)10-5-11(14)7-12(15)6-10/h4-7,9,14-15H,1-3H3/b8-4+/t9-/m0/s1. The van der Waals surface area contributed by atoms with Crippen molar-refractivity contribution in [1.29, 1.82) is 0 Å². The molecule has 0 aliphatic carbocycles. The van der Waals surface area contributed by atoms with Crippen LogP contribution >= 0.6 is 0 Å². The summed E-state index contributed by atoms with van der Waals surface area (Å²) in [5.74, 6) is -0.442. The Labute approximate surface area is 95.0 Å². The number of ketones is 1. The molecular formula is C13H16O3. The summed E-state index contributed by atoms with van der Waals surface area (Å²) in [6.07, 6.45) is 1.75. The first-order chi connectivity index (χ1) is 7.45. The Hall–Kier alpha value is -1.77. The van der Waals surface area contributed by atoms with Crippen LogP contribution in [0, 0.1) is 0 Å². The molecule has 0 aliphatic rings. The van der Waals surface area contributed by atoms with Crippen LogP contribution in [0.3, 0.4) is 0 Å². The lowest BCUT2D eigenvalue weighted by molar-refractivity contribution is -0.116. The van der Waals surface area contributed by atoms with E-state index >= 15 is 0 Å². The van der Waals surface area contributed by atoms with Crippen LogP contribution in [-0.4, -0.2) is 16.0 Å². The molecule has 0 heterocycles. The van der Waals surface area contributed by atoms with Crippen LogP contribution in [-0.2, 0) is 4.79 Å². The summed E-state index contributed by atoms with van der Waals surface area (Å²) >= 11 is 0. The summed E-state index contributed by atoms with van der Waals surface area (Å²) in [7, 11) is 0. The minimum absolute atomic E-state index is 0.00694. The van der Waals surface area contributed by atoms with E-state index in [0.717, 1.165) is 0 Å². The highest BCUT2D eigenvalue weighted by Gasteiger charge is 2.17. The van der Waals surface area contributed by atoms with Crippen molar-refractivity contribution in [2.24, 2.45) is 0 Å². The van der Waals surface area contributed by atoms with Gasteiger partial charge in [0.05, 0.1) is 0 Å². The van der Waals surface area contributed by atoms with Gasteiger partial charge in [-0.05, 0) is 37.1 Å². The average molecular weight is 220 g/mol. The lowest BCUT2D eigenvalue weighted by Crippen LogP contribution is -2.10. The number of phenols is 2. The van der Waals surface area contributed by atoms with E-state index in [1.807, 2.05) is 0 Å². The van der Waals surface area contributed by atoms with Crippen molar-refractivity contribution in [3.8, 4) is 11.5 Å². The zero-order valence-electron chi connectivity index (χ0n) is 9.69. The van der Waals surface area contributed by atoms with Crippen molar-refractivity contribution in [1.82, 2.24) is 0 Å². The predicted octanol–water partition coefficient (Wildman–Crippen LogP) is 2.74. The van der Waals surface area contributed by atoms with Gasteiger partial charge in [-0.15, -0.1) is 0 Å². The van der Waals surface area contributed by atoms with E-state index in [9.17, 15) is 15.0 Å². The molecule has 3 nitrogen and oxygen atoms in total. The largest absolute Gasteiger partial charge is 0.508 e. The highest BCUT2D eigenvalue weighted by molar-refractivity contribution is 5.99. The van der Waals surface area contributed by atoms with Gasteiger partial charge >= 0.3 is 0 Å². The maximum absolute atomic E-state index is 11.9. The Morgan fingerprint density at radius 1 is 1.25 bits per heavy atom. The molecule has 0 amide bonds. The van der Waals surface area contributed by atoms with Gasteiger partial charge in [-0.25, -0.2) is 0 Å². The Balaban J connectivity index is 3.05. The van der Waals surface area contributed by atoms with E-state index in [2.05, 4.69) is 0 Å². The van der Waals surface area contributed by atoms with Crippen molar-refractivity contribution in [2.75, 3.05) is 0 Å². The van der Waals surface area contributed by atoms with Gasteiger partial charge in [0.25, 0.3) is 0 Å². The van der Waals surface area contributed by atoms with Crippen molar-refractivity contribution >= 4 is 5.78 Å². The van der Waals surface area contributed by atoms with Crippen molar-refractivity contribution in [2.45, 2.75) is 26.7 Å². The topological polar surface area (TPSA) is 57.5 Å². The number of aromatic hydroxyl groups is 2. The van der Waals surface area contributed by atoms with Crippen molar-refractivity contribution in [3.05, 3.63) is 35.4 Å². The first-order valence-electron chi connectivity index (χ1n) is 5.15. The van der Waals surface area contributed by atoms with E-state index in [1.54, 1.807) is 26.8 Å². The Kier molecular flexibility index (Phi) is 3.72. The molecule has 3 heteroatoms. The molecule has 1 aromatic carbocycles. The molecule has 16 heavy (non-hydrogen) atoms. The highest BCUT2D eigenvalue weighted by Crippen LogP contribution is 2.27. The number of Topliss-reactive ketones (excluding diaryl/α,β-unsaturated/α-hetero) is 1. The highest BCUT2D eigenvalue weighted by atomic mass is 16.3. The van der Waals surface area contributed by atoms with Crippen LogP contribution in [0.2, 0.25) is 0 Å². The van der Waals surface area contributed by atoms with Crippen LogP contribution in [0.25, 0.3) is 0 Å². The third-order valence-electron chi connectivity index (χ3n) is 2.64. The minimum atomic E-state index is -0.366. The fourth-order valence-corrected chi connectivity index (χ4v) is 1.50. The van der Waals surface area contributed by atoms with E-state index in [-0.39, 0.29) is 23.2 Å². The van der Waals surface area contributed by atoms with Crippen LogP contribution < -0.4 is 0 Å². The maximum Gasteiger partial charge on any atom is 0.165 e. The number of phenolic OH excluding ortho intramolecular Hbond substituents is 2. The number of hydrogen-bond acceptors (Lipinski definition) is 3. The molecule has 0 aliphatic heterocycles. The molecule has 0 saturated heterocycles. The smallest absolute Gasteiger partial charge is 0.165 e. The molecule has 1 rings (SSSR count). The lowest BCUT2D eigenvalue weighted by Gasteiger charge is -2.11. The fraction of sp³-hybridized carbons (Fsp3) is 0.308. The van der Waals surface area contributed by atoms with Gasteiger partial charge < -0.3 is 10.2 Å². The van der Waals surface area contributed by atoms with E-state index in [4.69, 9.17) is 0 Å². The van der Waals surface area contributed by atoms with Gasteiger partial charge in [-0.3, -0.25) is 4.79 Å². The molecule has 0 radical (unpaired) electrons. The number of rotatable bonds is 3. The fourth-order valence-electron chi connectivity index (χ4n) is 1.50. The minimum Gasteiger partial charge on any atom is -0.508 e. The van der Waals surface area contributed by atoms with Crippen molar-refractivity contribution in [3.63, 3.8) is 0 Å². The van der Waals surface area contributed by atoms with Gasteiger partial charge in [0, 0.05) is 12.0 Å². The predicted molar refractivity (Wildman–Crippen MR) is 62.6 cm³/mol. The van der Waals surface area contributed by atoms with Crippen LogP contribution in [0.4, 0.5) is 0 Å². The summed E-state index contributed by atoms with van der Waals surface area (Å²) in [6.45, 7) is 5.31. The number of carbonyl (C=O) groups excluding carboxylic acids is 1. The Bertz CT molecular complexity index is 413. The molecule has 2 N–H and O–H groups in total. The third kappa shape index (κ3) is 2.63. The van der Waals surface area contributed by atoms with E-state index < -0.39 is 0 Å². The summed E-state index contributed by atoms with van der Waals surface area (Å²) in [6, 6.07) is 4.22. The third-order valence-corrected chi connectivity index (χ3v) is 2.64. The van der Waals surface area contributed by atoms with Gasteiger partial charge in [-0.2, -0.15) is 0 Å². The molecule has 1 aromatic rings. The molecule has 0 spiro atoms. The monoisotopic (exact) mass is 220 g/mol. The van der Waals surface area contributed by atoms with Gasteiger partial charge in [0.2, 0.25) is 0 Å². The second-order valence-corrected chi connectivity index (χ2v) is 3.84. The molecule has 86 valence electrons. The van der Waals surface area contributed by atoms with Crippen molar-refractivity contribution < 1.29 is 15.0 Å². The number of carbonyl (C=O) groups is 1.